The lowest BCUT2D eigenvalue weighted by Gasteiger charge is -2.09. The van der Waals surface area contributed by atoms with Gasteiger partial charge < -0.3 is 4.74 Å². The van der Waals surface area contributed by atoms with E-state index in [9.17, 15) is 0 Å². The van der Waals surface area contributed by atoms with Gasteiger partial charge in [-0.1, -0.05) is 32.0 Å². The molecule has 2 rings (SSSR count). The van der Waals surface area contributed by atoms with Crippen LogP contribution in [0.1, 0.15) is 30.9 Å². The first-order valence-electron chi connectivity index (χ1n) is 5.98. The van der Waals surface area contributed by atoms with Crippen LogP contribution < -0.4 is 4.74 Å². The van der Waals surface area contributed by atoms with Gasteiger partial charge >= 0.3 is 0 Å². The lowest BCUT2D eigenvalue weighted by atomic mass is 10.0. The van der Waals surface area contributed by atoms with Crippen molar-refractivity contribution >= 4 is 11.6 Å². The monoisotopic (exact) mass is 261 g/mol. The van der Waals surface area contributed by atoms with Gasteiger partial charge in [0.25, 0.3) is 0 Å². The van der Waals surface area contributed by atoms with Crippen LogP contribution in [0.25, 0.3) is 0 Å². The maximum atomic E-state index is 5.85. The van der Waals surface area contributed by atoms with Crippen LogP contribution >= 0.6 is 11.6 Å². The van der Waals surface area contributed by atoms with Crippen molar-refractivity contribution in [3.05, 3.63) is 53.7 Å². The molecule has 0 aliphatic rings. The number of pyridine rings is 1. The molecule has 0 saturated carbocycles. The third-order valence-corrected chi connectivity index (χ3v) is 3.04. The van der Waals surface area contributed by atoms with Gasteiger partial charge in [0.1, 0.15) is 5.75 Å². The Morgan fingerprint density at radius 1 is 1.17 bits per heavy atom. The summed E-state index contributed by atoms with van der Waals surface area (Å²) >= 11 is 5.85. The number of halogens is 1. The summed E-state index contributed by atoms with van der Waals surface area (Å²) in [6.07, 6.45) is 1.70. The van der Waals surface area contributed by atoms with E-state index in [1.165, 1.54) is 5.56 Å². The Kier molecular flexibility index (Phi) is 4.21. The number of hydrogen-bond donors (Lipinski definition) is 0. The first kappa shape index (κ1) is 12.9. The van der Waals surface area contributed by atoms with Crippen molar-refractivity contribution in [3.8, 4) is 11.6 Å². The van der Waals surface area contributed by atoms with Gasteiger partial charge in [-0.05, 0) is 29.7 Å². The van der Waals surface area contributed by atoms with E-state index in [0.29, 0.717) is 17.7 Å². The largest absolute Gasteiger partial charge is 0.439 e. The summed E-state index contributed by atoms with van der Waals surface area (Å²) < 4.78 is 5.74. The van der Waals surface area contributed by atoms with Crippen molar-refractivity contribution in [2.24, 2.45) is 0 Å². The number of nitrogens with zero attached hydrogens (tertiary/aromatic N) is 1. The second-order valence-corrected chi connectivity index (χ2v) is 4.69. The third kappa shape index (κ3) is 3.02. The van der Waals surface area contributed by atoms with Crippen molar-refractivity contribution in [2.75, 3.05) is 0 Å². The summed E-state index contributed by atoms with van der Waals surface area (Å²) in [5.41, 5.74) is 2.19. The molecule has 0 saturated heterocycles. The molecule has 1 aromatic carbocycles. The smallest absolute Gasteiger partial charge is 0.223 e. The fourth-order valence-electron chi connectivity index (χ4n) is 1.65. The molecule has 3 heteroatoms. The second-order valence-electron chi connectivity index (χ2n) is 4.43. The first-order valence-corrected chi connectivity index (χ1v) is 6.52. The average Bonchev–Trinajstić information content (AvgIpc) is 2.40. The van der Waals surface area contributed by atoms with Crippen LogP contribution in [0.2, 0.25) is 0 Å². The molecule has 0 radical (unpaired) electrons. The topological polar surface area (TPSA) is 22.1 Å². The third-order valence-electron chi connectivity index (χ3n) is 2.76. The van der Waals surface area contributed by atoms with Crippen molar-refractivity contribution in [1.82, 2.24) is 4.98 Å². The molecular weight excluding hydrogens is 246 g/mol. The highest BCUT2D eigenvalue weighted by atomic mass is 35.5. The number of benzene rings is 1. The van der Waals surface area contributed by atoms with E-state index in [-0.39, 0.29) is 0 Å². The highest BCUT2D eigenvalue weighted by Crippen LogP contribution is 2.25. The molecule has 94 valence electrons. The molecule has 0 N–H and O–H groups in total. The van der Waals surface area contributed by atoms with Gasteiger partial charge in [0.15, 0.2) is 0 Å². The van der Waals surface area contributed by atoms with E-state index in [2.05, 4.69) is 31.0 Å². The first-order chi connectivity index (χ1) is 8.70. The van der Waals surface area contributed by atoms with E-state index >= 15 is 0 Å². The van der Waals surface area contributed by atoms with Crippen LogP contribution in [-0.2, 0) is 5.88 Å². The van der Waals surface area contributed by atoms with Crippen LogP contribution in [-0.4, -0.2) is 4.98 Å². The van der Waals surface area contributed by atoms with Crippen LogP contribution in [0.3, 0.4) is 0 Å². The standard InChI is InChI=1S/C15H16ClNO/c1-11(2)12-5-7-14(8-6-12)18-15-13(10-16)4-3-9-17-15/h3-9,11H,10H2,1-2H3. The van der Waals surface area contributed by atoms with Crippen molar-refractivity contribution in [2.45, 2.75) is 25.6 Å². The second kappa shape index (κ2) is 5.87. The molecule has 0 atom stereocenters. The number of hydrogen-bond acceptors (Lipinski definition) is 2. The van der Waals surface area contributed by atoms with Crippen molar-refractivity contribution in [1.29, 1.82) is 0 Å². The predicted molar refractivity (Wildman–Crippen MR) is 74.4 cm³/mol. The Hall–Kier alpha value is -1.54. The minimum atomic E-state index is 0.396. The maximum Gasteiger partial charge on any atom is 0.223 e. The number of rotatable bonds is 4. The fraction of sp³-hybridized carbons (Fsp3) is 0.267. The molecule has 0 fully saturated rings. The molecule has 0 aliphatic carbocycles. The number of alkyl halides is 1. The minimum absolute atomic E-state index is 0.396. The van der Waals surface area contributed by atoms with Gasteiger partial charge in [0.05, 0.1) is 5.88 Å². The number of ether oxygens (including phenoxy) is 1. The van der Waals surface area contributed by atoms with Gasteiger partial charge in [-0.3, -0.25) is 0 Å². The zero-order valence-corrected chi connectivity index (χ0v) is 11.3. The summed E-state index contributed by atoms with van der Waals surface area (Å²) in [7, 11) is 0. The Labute approximate surface area is 113 Å². The Bertz CT molecular complexity index is 508. The van der Waals surface area contributed by atoms with Gasteiger partial charge in [-0.2, -0.15) is 0 Å². The van der Waals surface area contributed by atoms with E-state index in [4.69, 9.17) is 16.3 Å². The zero-order valence-electron chi connectivity index (χ0n) is 10.6. The summed E-state index contributed by atoms with van der Waals surface area (Å²) in [4.78, 5) is 4.20. The molecule has 2 aromatic rings. The normalized spacial score (nSPS) is 10.7. The number of aromatic nitrogens is 1. The highest BCUT2D eigenvalue weighted by Gasteiger charge is 2.05. The van der Waals surface area contributed by atoms with E-state index in [1.54, 1.807) is 6.20 Å². The van der Waals surface area contributed by atoms with Gasteiger partial charge in [0, 0.05) is 11.8 Å². The summed E-state index contributed by atoms with van der Waals surface area (Å²) in [6, 6.07) is 11.8. The van der Waals surface area contributed by atoms with Crippen molar-refractivity contribution < 1.29 is 4.74 Å². The van der Waals surface area contributed by atoms with Gasteiger partial charge in [0.2, 0.25) is 5.88 Å². The Morgan fingerprint density at radius 3 is 2.50 bits per heavy atom. The van der Waals surface area contributed by atoms with Crippen LogP contribution in [0.15, 0.2) is 42.6 Å². The fourth-order valence-corrected chi connectivity index (χ4v) is 1.85. The van der Waals surface area contributed by atoms with Gasteiger partial charge in [-0.25, -0.2) is 4.98 Å². The van der Waals surface area contributed by atoms with Crippen molar-refractivity contribution in [3.63, 3.8) is 0 Å². The average molecular weight is 262 g/mol. The lowest BCUT2D eigenvalue weighted by molar-refractivity contribution is 0.458. The molecule has 18 heavy (non-hydrogen) atoms. The molecule has 0 spiro atoms. The summed E-state index contributed by atoms with van der Waals surface area (Å²) in [5, 5.41) is 0. The van der Waals surface area contributed by atoms with E-state index in [1.807, 2.05) is 24.3 Å². The van der Waals surface area contributed by atoms with E-state index < -0.39 is 0 Å². The molecule has 0 aliphatic heterocycles. The zero-order chi connectivity index (χ0) is 13.0. The molecule has 1 aromatic heterocycles. The molecule has 0 unspecified atom stereocenters. The van der Waals surface area contributed by atoms with Crippen LogP contribution in [0, 0.1) is 0 Å². The summed E-state index contributed by atoms with van der Waals surface area (Å²) in [5.74, 6) is 2.27. The Morgan fingerprint density at radius 2 is 1.89 bits per heavy atom. The Balaban J connectivity index is 2.18. The molecule has 0 bridgehead atoms. The lowest BCUT2D eigenvalue weighted by Crippen LogP contribution is -1.93. The summed E-state index contributed by atoms with van der Waals surface area (Å²) in [6.45, 7) is 4.33. The van der Waals surface area contributed by atoms with Crippen LogP contribution in [0.5, 0.6) is 11.6 Å². The molecular formula is C15H16ClNO. The van der Waals surface area contributed by atoms with E-state index in [0.717, 1.165) is 11.3 Å². The minimum Gasteiger partial charge on any atom is -0.439 e. The van der Waals surface area contributed by atoms with Gasteiger partial charge in [-0.15, -0.1) is 11.6 Å². The maximum absolute atomic E-state index is 5.85. The molecule has 0 amide bonds. The SMILES string of the molecule is CC(C)c1ccc(Oc2ncccc2CCl)cc1. The molecule has 1 heterocycles. The highest BCUT2D eigenvalue weighted by molar-refractivity contribution is 6.17. The quantitative estimate of drug-likeness (QED) is 0.742. The predicted octanol–water partition coefficient (Wildman–Crippen LogP) is 4.74. The molecule has 2 nitrogen and oxygen atoms in total. The van der Waals surface area contributed by atoms with Crippen LogP contribution in [0.4, 0.5) is 0 Å².